The number of allylic oxidation sites excluding steroid dienone is 1. The minimum Gasteiger partial charge on any atom is -0.314 e. The standard InChI is InChI=1S/C33H53N3O3/c1-21-18-24(34-20-21)14-17-36(31(3,4)5)30(38)39-35-22(2)27-10-11-28-26-9-8-23-19-25(37)12-15-32(23,6)29(26)13-16-33(27,28)7/h19,21,24,26-29,34H,8-18,20H2,1-7H3/b35-22+/t21?,24?,26-,27+,28-,29-,32-,33+/m0/s1. The fourth-order valence-electron chi connectivity index (χ4n) is 9.70. The lowest BCUT2D eigenvalue weighted by atomic mass is 9.46. The summed E-state index contributed by atoms with van der Waals surface area (Å²) in [5.74, 6) is 3.49. The average Bonchev–Trinajstić information content (AvgIpc) is 3.44. The summed E-state index contributed by atoms with van der Waals surface area (Å²) in [6.45, 7) is 17.3. The number of fused-ring (bicyclic) bond motifs is 5. The van der Waals surface area contributed by atoms with E-state index in [0.29, 0.717) is 48.5 Å². The van der Waals surface area contributed by atoms with Crippen molar-refractivity contribution in [2.45, 2.75) is 124 Å². The largest absolute Gasteiger partial charge is 0.436 e. The van der Waals surface area contributed by atoms with Crippen LogP contribution in [0.3, 0.4) is 0 Å². The normalized spacial score (nSPS) is 40.4. The van der Waals surface area contributed by atoms with Gasteiger partial charge < -0.3 is 10.2 Å². The lowest BCUT2D eigenvalue weighted by Gasteiger charge is -2.58. The van der Waals surface area contributed by atoms with E-state index in [1.54, 1.807) is 0 Å². The number of carbonyl (C=O) groups excluding carboxylic acids is 2. The maximum Gasteiger partial charge on any atom is 0.436 e. The molecule has 218 valence electrons. The van der Waals surface area contributed by atoms with Crippen LogP contribution in [0, 0.1) is 40.4 Å². The van der Waals surface area contributed by atoms with Crippen LogP contribution in [0.4, 0.5) is 4.79 Å². The van der Waals surface area contributed by atoms with E-state index in [1.165, 1.54) is 37.7 Å². The Labute approximate surface area is 236 Å². The maximum absolute atomic E-state index is 13.3. The number of hydrogen-bond donors (Lipinski definition) is 1. The number of carbonyl (C=O) groups is 2. The molecule has 4 aliphatic carbocycles. The Morgan fingerprint density at radius 3 is 2.59 bits per heavy atom. The topological polar surface area (TPSA) is 71.0 Å². The molecule has 39 heavy (non-hydrogen) atoms. The lowest BCUT2D eigenvalue weighted by molar-refractivity contribution is -0.117. The molecule has 4 fully saturated rings. The first-order valence-corrected chi connectivity index (χ1v) is 15.8. The Morgan fingerprint density at radius 1 is 1.13 bits per heavy atom. The molecule has 1 aliphatic heterocycles. The van der Waals surface area contributed by atoms with Crippen molar-refractivity contribution < 1.29 is 14.4 Å². The first kappa shape index (κ1) is 28.8. The summed E-state index contributed by atoms with van der Waals surface area (Å²) in [6, 6.07) is 0.469. The fraction of sp³-hybridized carbons (Fsp3) is 0.848. The predicted octanol–water partition coefficient (Wildman–Crippen LogP) is 7.14. The summed E-state index contributed by atoms with van der Waals surface area (Å²) < 4.78 is 0. The van der Waals surface area contributed by atoms with Crippen molar-refractivity contribution in [2.75, 3.05) is 13.1 Å². The van der Waals surface area contributed by atoms with Crippen LogP contribution in [0.25, 0.3) is 0 Å². The molecule has 3 saturated carbocycles. The number of nitrogens with zero attached hydrogens (tertiary/aromatic N) is 2. The number of amides is 1. The monoisotopic (exact) mass is 539 g/mol. The van der Waals surface area contributed by atoms with Gasteiger partial charge in [0.15, 0.2) is 5.78 Å². The van der Waals surface area contributed by atoms with Gasteiger partial charge in [0.2, 0.25) is 0 Å². The molecule has 0 bridgehead atoms. The van der Waals surface area contributed by atoms with E-state index in [4.69, 9.17) is 4.84 Å². The van der Waals surface area contributed by atoms with Gasteiger partial charge in [0.05, 0.1) is 5.71 Å². The Bertz CT molecular complexity index is 1030. The van der Waals surface area contributed by atoms with Crippen molar-refractivity contribution in [3.8, 4) is 0 Å². The minimum absolute atomic E-state index is 0.206. The Kier molecular flexibility index (Phi) is 7.84. The van der Waals surface area contributed by atoms with Gasteiger partial charge in [-0.1, -0.05) is 31.5 Å². The zero-order valence-corrected chi connectivity index (χ0v) is 25.6. The van der Waals surface area contributed by atoms with Gasteiger partial charge in [-0.3, -0.25) is 9.63 Å². The number of rotatable bonds is 5. The van der Waals surface area contributed by atoms with Gasteiger partial charge in [0.1, 0.15) is 0 Å². The summed E-state index contributed by atoms with van der Waals surface area (Å²) in [6.07, 6.45) is 12.6. The number of oxime groups is 1. The van der Waals surface area contributed by atoms with Crippen molar-refractivity contribution in [3.63, 3.8) is 0 Å². The quantitative estimate of drug-likeness (QED) is 0.229. The third-order valence-electron chi connectivity index (χ3n) is 11.9. The first-order valence-electron chi connectivity index (χ1n) is 15.8. The van der Waals surface area contributed by atoms with Crippen LogP contribution < -0.4 is 5.32 Å². The average molecular weight is 540 g/mol. The molecular formula is C33H53N3O3. The third-order valence-corrected chi connectivity index (χ3v) is 11.9. The van der Waals surface area contributed by atoms with E-state index >= 15 is 0 Å². The van der Waals surface area contributed by atoms with Crippen LogP contribution in [-0.4, -0.2) is 47.2 Å². The number of ketones is 1. The number of nitrogens with one attached hydrogen (secondary N) is 1. The lowest BCUT2D eigenvalue weighted by Crippen LogP contribution is -2.51. The fourth-order valence-corrected chi connectivity index (χ4v) is 9.70. The van der Waals surface area contributed by atoms with E-state index in [-0.39, 0.29) is 22.5 Å². The molecule has 0 aromatic rings. The summed E-state index contributed by atoms with van der Waals surface area (Å²) >= 11 is 0. The molecule has 5 aliphatic rings. The maximum atomic E-state index is 13.3. The summed E-state index contributed by atoms with van der Waals surface area (Å²) in [5.41, 5.74) is 2.51. The highest BCUT2D eigenvalue weighted by Gasteiger charge is 2.59. The Balaban J connectivity index is 1.25. The van der Waals surface area contributed by atoms with Gasteiger partial charge in [-0.05, 0) is 133 Å². The molecule has 5 rings (SSSR count). The van der Waals surface area contributed by atoms with Gasteiger partial charge >= 0.3 is 6.09 Å². The van der Waals surface area contributed by atoms with Gasteiger partial charge in [0, 0.05) is 30.5 Å². The molecule has 1 N–H and O–H groups in total. The van der Waals surface area contributed by atoms with E-state index in [0.717, 1.165) is 43.9 Å². The van der Waals surface area contributed by atoms with E-state index in [1.807, 2.05) is 11.0 Å². The molecule has 0 spiro atoms. The van der Waals surface area contributed by atoms with E-state index < -0.39 is 0 Å². The van der Waals surface area contributed by atoms with Crippen LogP contribution in [0.15, 0.2) is 16.8 Å². The molecule has 0 aromatic heterocycles. The van der Waals surface area contributed by atoms with E-state index in [9.17, 15) is 9.59 Å². The van der Waals surface area contributed by atoms with Gasteiger partial charge in [-0.2, -0.15) is 0 Å². The molecule has 8 atom stereocenters. The van der Waals surface area contributed by atoms with Crippen molar-refractivity contribution in [3.05, 3.63) is 11.6 Å². The Morgan fingerprint density at radius 2 is 1.90 bits per heavy atom. The molecule has 6 heteroatoms. The van der Waals surface area contributed by atoms with Crippen LogP contribution >= 0.6 is 0 Å². The SMILES string of the molecule is C/C(=N\OC(=O)N(CCC1CC(C)CN1)C(C)(C)C)[C@H]1CC[C@H]2[C@@H]3CCC4=CC(=O)CC[C@]4(C)[C@H]3CC[C@]12C. The molecule has 1 saturated heterocycles. The van der Waals surface area contributed by atoms with Gasteiger partial charge in [-0.15, -0.1) is 0 Å². The third kappa shape index (κ3) is 5.36. The second-order valence-corrected chi connectivity index (χ2v) is 15.3. The van der Waals surface area contributed by atoms with Crippen LogP contribution in [0.1, 0.15) is 113 Å². The molecule has 0 radical (unpaired) electrons. The van der Waals surface area contributed by atoms with Crippen molar-refractivity contribution in [1.82, 2.24) is 10.2 Å². The molecule has 1 amide bonds. The number of hydrogen-bond acceptors (Lipinski definition) is 5. The predicted molar refractivity (Wildman–Crippen MR) is 156 cm³/mol. The smallest absolute Gasteiger partial charge is 0.314 e. The molecular weight excluding hydrogens is 486 g/mol. The zero-order chi connectivity index (χ0) is 28.2. The molecule has 1 heterocycles. The highest BCUT2D eigenvalue weighted by Crippen LogP contribution is 2.66. The second kappa shape index (κ2) is 10.6. The van der Waals surface area contributed by atoms with Gasteiger partial charge in [0.25, 0.3) is 0 Å². The summed E-state index contributed by atoms with van der Waals surface area (Å²) in [5, 5.41) is 8.11. The van der Waals surface area contributed by atoms with E-state index in [2.05, 4.69) is 58.9 Å². The molecule has 0 aromatic carbocycles. The second-order valence-electron chi connectivity index (χ2n) is 15.3. The van der Waals surface area contributed by atoms with Crippen molar-refractivity contribution in [2.24, 2.45) is 45.6 Å². The highest BCUT2D eigenvalue weighted by atomic mass is 16.7. The first-order chi connectivity index (χ1) is 18.3. The molecule has 2 unspecified atom stereocenters. The van der Waals surface area contributed by atoms with Crippen LogP contribution in [-0.2, 0) is 9.63 Å². The van der Waals surface area contributed by atoms with Crippen LogP contribution in [0.5, 0.6) is 0 Å². The van der Waals surface area contributed by atoms with Crippen molar-refractivity contribution >= 4 is 17.6 Å². The minimum atomic E-state index is -0.331. The highest BCUT2D eigenvalue weighted by molar-refractivity contribution is 5.91. The van der Waals surface area contributed by atoms with Gasteiger partial charge in [-0.25, -0.2) is 4.79 Å². The Hall–Kier alpha value is -1.69. The van der Waals surface area contributed by atoms with Crippen LogP contribution in [0.2, 0.25) is 0 Å². The molecule has 6 nitrogen and oxygen atoms in total. The summed E-state index contributed by atoms with van der Waals surface area (Å²) in [4.78, 5) is 33.0. The van der Waals surface area contributed by atoms with Crippen molar-refractivity contribution in [1.29, 1.82) is 0 Å². The zero-order valence-electron chi connectivity index (χ0n) is 25.6. The summed E-state index contributed by atoms with van der Waals surface area (Å²) in [7, 11) is 0.